The molecule has 0 heterocycles. The first-order valence-corrected chi connectivity index (χ1v) is 8.13. The molecule has 1 nitrogen and oxygen atoms in total. The highest BCUT2D eigenvalue weighted by molar-refractivity contribution is 4.86. The molecule has 100 valence electrons. The molecule has 17 heavy (non-hydrogen) atoms. The third-order valence-electron chi connectivity index (χ3n) is 4.71. The SMILES string of the molecule is CCCNC(CCC1CCCCCC1)C1CC1. The van der Waals surface area contributed by atoms with Gasteiger partial charge >= 0.3 is 0 Å². The van der Waals surface area contributed by atoms with Gasteiger partial charge in [0.15, 0.2) is 0 Å². The van der Waals surface area contributed by atoms with Gasteiger partial charge in [-0.05, 0) is 50.5 Å². The van der Waals surface area contributed by atoms with Gasteiger partial charge in [0, 0.05) is 6.04 Å². The van der Waals surface area contributed by atoms with Gasteiger partial charge < -0.3 is 5.32 Å². The Kier molecular flexibility index (Phi) is 5.84. The molecule has 2 saturated carbocycles. The van der Waals surface area contributed by atoms with Crippen LogP contribution in [0.4, 0.5) is 0 Å². The maximum atomic E-state index is 3.79. The molecular weight excluding hydrogens is 206 g/mol. The maximum Gasteiger partial charge on any atom is 0.00954 e. The van der Waals surface area contributed by atoms with Gasteiger partial charge in [-0.2, -0.15) is 0 Å². The zero-order valence-electron chi connectivity index (χ0n) is 11.7. The zero-order valence-corrected chi connectivity index (χ0v) is 11.7. The first-order chi connectivity index (χ1) is 8.40. The second-order valence-corrected chi connectivity index (χ2v) is 6.33. The lowest BCUT2D eigenvalue weighted by Gasteiger charge is -2.21. The Bertz CT molecular complexity index is 190. The van der Waals surface area contributed by atoms with Crippen molar-refractivity contribution in [2.45, 2.75) is 83.6 Å². The predicted octanol–water partition coefficient (Wildman–Crippen LogP) is 4.52. The average molecular weight is 237 g/mol. The van der Waals surface area contributed by atoms with E-state index in [0.29, 0.717) is 0 Å². The van der Waals surface area contributed by atoms with Crippen LogP contribution in [0.25, 0.3) is 0 Å². The molecule has 1 unspecified atom stereocenters. The number of hydrogen-bond acceptors (Lipinski definition) is 1. The summed E-state index contributed by atoms with van der Waals surface area (Å²) < 4.78 is 0. The third kappa shape index (κ3) is 4.99. The molecule has 1 atom stereocenters. The van der Waals surface area contributed by atoms with Crippen molar-refractivity contribution in [3.05, 3.63) is 0 Å². The lowest BCUT2D eigenvalue weighted by atomic mass is 9.92. The normalized spacial score (nSPS) is 24.5. The van der Waals surface area contributed by atoms with Crippen molar-refractivity contribution in [2.24, 2.45) is 11.8 Å². The van der Waals surface area contributed by atoms with Crippen LogP contribution in [-0.2, 0) is 0 Å². The van der Waals surface area contributed by atoms with Gasteiger partial charge in [-0.1, -0.05) is 45.4 Å². The first-order valence-electron chi connectivity index (χ1n) is 8.13. The van der Waals surface area contributed by atoms with Crippen molar-refractivity contribution in [1.29, 1.82) is 0 Å². The van der Waals surface area contributed by atoms with Crippen molar-refractivity contribution >= 4 is 0 Å². The summed E-state index contributed by atoms with van der Waals surface area (Å²) in [5, 5.41) is 3.79. The molecule has 0 aromatic rings. The van der Waals surface area contributed by atoms with Crippen LogP contribution in [0.1, 0.15) is 77.6 Å². The zero-order chi connectivity index (χ0) is 11.9. The van der Waals surface area contributed by atoms with Gasteiger partial charge in [0.25, 0.3) is 0 Å². The summed E-state index contributed by atoms with van der Waals surface area (Å²) >= 11 is 0. The Balaban J connectivity index is 1.66. The summed E-state index contributed by atoms with van der Waals surface area (Å²) in [4.78, 5) is 0. The fraction of sp³-hybridized carbons (Fsp3) is 1.00. The molecule has 2 fully saturated rings. The summed E-state index contributed by atoms with van der Waals surface area (Å²) in [6.45, 7) is 3.51. The minimum absolute atomic E-state index is 0.859. The van der Waals surface area contributed by atoms with Crippen LogP contribution in [0, 0.1) is 11.8 Å². The van der Waals surface area contributed by atoms with Crippen molar-refractivity contribution in [3.63, 3.8) is 0 Å². The predicted molar refractivity (Wildman–Crippen MR) is 75.2 cm³/mol. The fourth-order valence-corrected chi connectivity index (χ4v) is 3.40. The van der Waals surface area contributed by atoms with Crippen LogP contribution in [0.2, 0.25) is 0 Å². The second kappa shape index (κ2) is 7.41. The molecule has 0 aromatic carbocycles. The number of rotatable bonds is 7. The summed E-state index contributed by atoms with van der Waals surface area (Å²) in [7, 11) is 0. The van der Waals surface area contributed by atoms with Crippen molar-refractivity contribution in [2.75, 3.05) is 6.54 Å². The lowest BCUT2D eigenvalue weighted by molar-refractivity contribution is 0.352. The topological polar surface area (TPSA) is 12.0 Å². The van der Waals surface area contributed by atoms with Gasteiger partial charge in [-0.25, -0.2) is 0 Å². The smallest absolute Gasteiger partial charge is 0.00954 e. The van der Waals surface area contributed by atoms with E-state index in [0.717, 1.165) is 17.9 Å². The van der Waals surface area contributed by atoms with Crippen LogP contribution in [-0.4, -0.2) is 12.6 Å². The molecule has 0 bridgehead atoms. The largest absolute Gasteiger partial charge is 0.314 e. The van der Waals surface area contributed by atoms with E-state index in [1.807, 2.05) is 0 Å². The van der Waals surface area contributed by atoms with E-state index in [1.54, 1.807) is 0 Å². The van der Waals surface area contributed by atoms with Crippen LogP contribution in [0.3, 0.4) is 0 Å². The highest BCUT2D eigenvalue weighted by Crippen LogP contribution is 2.36. The minimum atomic E-state index is 0.859. The molecule has 0 radical (unpaired) electrons. The van der Waals surface area contributed by atoms with Crippen LogP contribution >= 0.6 is 0 Å². The van der Waals surface area contributed by atoms with Crippen LogP contribution in [0.15, 0.2) is 0 Å². The summed E-state index contributed by atoms with van der Waals surface area (Å²) in [5.74, 6) is 2.09. The summed E-state index contributed by atoms with van der Waals surface area (Å²) in [6, 6.07) is 0.859. The molecular formula is C16H31N. The minimum Gasteiger partial charge on any atom is -0.314 e. The monoisotopic (exact) mass is 237 g/mol. The summed E-state index contributed by atoms with van der Waals surface area (Å²) in [6.07, 6.45) is 16.3. The van der Waals surface area contributed by atoms with E-state index in [9.17, 15) is 0 Å². The highest BCUT2D eigenvalue weighted by atomic mass is 14.9. The second-order valence-electron chi connectivity index (χ2n) is 6.33. The molecule has 0 saturated heterocycles. The Morgan fingerprint density at radius 3 is 2.29 bits per heavy atom. The van der Waals surface area contributed by atoms with E-state index >= 15 is 0 Å². The van der Waals surface area contributed by atoms with E-state index in [-0.39, 0.29) is 0 Å². The third-order valence-corrected chi connectivity index (χ3v) is 4.71. The standard InChI is InChI=1S/C16H31N/c1-2-13-17-16(15-10-11-15)12-9-14-7-5-3-4-6-8-14/h14-17H,2-13H2,1H3. The molecule has 2 aliphatic rings. The fourth-order valence-electron chi connectivity index (χ4n) is 3.40. The molecule has 0 aliphatic heterocycles. The Labute approximate surface area is 108 Å². The van der Waals surface area contributed by atoms with Gasteiger partial charge in [0.2, 0.25) is 0 Å². The molecule has 2 rings (SSSR count). The van der Waals surface area contributed by atoms with Crippen molar-refractivity contribution in [1.82, 2.24) is 5.32 Å². The molecule has 1 heteroatoms. The van der Waals surface area contributed by atoms with Crippen LogP contribution < -0.4 is 5.32 Å². The number of hydrogen-bond donors (Lipinski definition) is 1. The first kappa shape index (κ1) is 13.4. The van der Waals surface area contributed by atoms with E-state index in [2.05, 4.69) is 12.2 Å². The quantitative estimate of drug-likeness (QED) is 0.642. The summed E-state index contributed by atoms with van der Waals surface area (Å²) in [5.41, 5.74) is 0. The molecule has 0 spiro atoms. The molecule has 0 aromatic heterocycles. The highest BCUT2D eigenvalue weighted by Gasteiger charge is 2.30. The Morgan fingerprint density at radius 2 is 1.71 bits per heavy atom. The van der Waals surface area contributed by atoms with E-state index < -0.39 is 0 Å². The molecule has 1 N–H and O–H groups in total. The van der Waals surface area contributed by atoms with Gasteiger partial charge in [0.1, 0.15) is 0 Å². The maximum absolute atomic E-state index is 3.79. The molecule has 0 amide bonds. The Hall–Kier alpha value is -0.0400. The van der Waals surface area contributed by atoms with Crippen molar-refractivity contribution < 1.29 is 0 Å². The van der Waals surface area contributed by atoms with Crippen molar-refractivity contribution in [3.8, 4) is 0 Å². The van der Waals surface area contributed by atoms with Gasteiger partial charge in [-0.15, -0.1) is 0 Å². The lowest BCUT2D eigenvalue weighted by Crippen LogP contribution is -2.32. The number of nitrogens with one attached hydrogen (secondary N) is 1. The van der Waals surface area contributed by atoms with Gasteiger partial charge in [0.05, 0.1) is 0 Å². The average Bonchev–Trinajstić information content (AvgIpc) is 3.16. The van der Waals surface area contributed by atoms with E-state index in [4.69, 9.17) is 0 Å². The Morgan fingerprint density at radius 1 is 1.00 bits per heavy atom. The molecule has 2 aliphatic carbocycles. The van der Waals surface area contributed by atoms with E-state index in [1.165, 1.54) is 77.2 Å². The van der Waals surface area contributed by atoms with Crippen LogP contribution in [0.5, 0.6) is 0 Å². The van der Waals surface area contributed by atoms with Gasteiger partial charge in [-0.3, -0.25) is 0 Å².